The Labute approximate surface area is 167 Å². The number of carbonyl (C=O) groups is 2. The van der Waals surface area contributed by atoms with Crippen molar-refractivity contribution in [1.29, 1.82) is 0 Å². The van der Waals surface area contributed by atoms with E-state index in [9.17, 15) is 19.8 Å². The minimum Gasteiger partial charge on any atom is -0.493 e. The molecular formula is C20H23NO8. The number of rotatable bonds is 11. The summed E-state index contributed by atoms with van der Waals surface area (Å²) in [7, 11) is 0. The van der Waals surface area contributed by atoms with Crippen molar-refractivity contribution < 1.29 is 39.6 Å². The number of aromatic carboxylic acids is 1. The third-order valence-corrected chi connectivity index (χ3v) is 4.06. The predicted molar refractivity (Wildman–Crippen MR) is 101 cm³/mol. The lowest BCUT2D eigenvalue weighted by atomic mass is 10.1. The Morgan fingerprint density at radius 3 is 2.21 bits per heavy atom. The molecule has 0 aromatic heterocycles. The number of aliphatic hydroxyl groups is 2. The Hall–Kier alpha value is -3.14. The first-order valence-electron chi connectivity index (χ1n) is 8.92. The van der Waals surface area contributed by atoms with E-state index < -0.39 is 18.2 Å². The lowest BCUT2D eigenvalue weighted by Gasteiger charge is -2.17. The van der Waals surface area contributed by atoms with Crippen LogP contribution in [0.15, 0.2) is 42.5 Å². The second-order valence-electron chi connectivity index (χ2n) is 6.17. The van der Waals surface area contributed by atoms with Crippen LogP contribution in [0, 0.1) is 0 Å². The SMILES string of the molecule is O=C(CCCCOc1cccc(OCc2ccc(C(=O)O)cc2)c1C(O)O)NO. The summed E-state index contributed by atoms with van der Waals surface area (Å²) >= 11 is 0. The van der Waals surface area contributed by atoms with Gasteiger partial charge in [-0.3, -0.25) is 10.0 Å². The molecule has 156 valence electrons. The molecule has 0 heterocycles. The van der Waals surface area contributed by atoms with Crippen molar-refractivity contribution in [3.05, 3.63) is 59.2 Å². The minimum absolute atomic E-state index is 0.0720. The maximum Gasteiger partial charge on any atom is 0.335 e. The van der Waals surface area contributed by atoms with Gasteiger partial charge in [0.15, 0.2) is 6.29 Å². The molecule has 0 radical (unpaired) electrons. The van der Waals surface area contributed by atoms with E-state index in [4.69, 9.17) is 19.8 Å². The van der Waals surface area contributed by atoms with E-state index in [1.54, 1.807) is 35.8 Å². The Kier molecular flexibility index (Phi) is 8.41. The van der Waals surface area contributed by atoms with Crippen LogP contribution in [-0.4, -0.2) is 39.0 Å². The lowest BCUT2D eigenvalue weighted by molar-refractivity contribution is -0.129. The van der Waals surface area contributed by atoms with Crippen LogP contribution in [0.5, 0.6) is 11.5 Å². The highest BCUT2D eigenvalue weighted by Crippen LogP contribution is 2.33. The quantitative estimate of drug-likeness (QED) is 0.165. The molecule has 0 aliphatic heterocycles. The predicted octanol–water partition coefficient (Wildman–Crippen LogP) is 2.00. The number of carboxylic acids is 1. The topological polar surface area (TPSA) is 146 Å². The fraction of sp³-hybridized carbons (Fsp3) is 0.300. The van der Waals surface area contributed by atoms with E-state index in [-0.39, 0.29) is 42.3 Å². The van der Waals surface area contributed by atoms with E-state index in [0.29, 0.717) is 18.4 Å². The third-order valence-electron chi connectivity index (χ3n) is 4.06. The van der Waals surface area contributed by atoms with Crippen LogP contribution in [-0.2, 0) is 11.4 Å². The first-order valence-corrected chi connectivity index (χ1v) is 8.92. The highest BCUT2D eigenvalue weighted by molar-refractivity contribution is 5.87. The number of benzene rings is 2. The van der Waals surface area contributed by atoms with Crippen molar-refractivity contribution in [3.8, 4) is 11.5 Å². The molecule has 1 amide bonds. The molecule has 0 aliphatic carbocycles. The molecule has 0 atom stereocenters. The van der Waals surface area contributed by atoms with Crippen molar-refractivity contribution in [2.45, 2.75) is 32.2 Å². The summed E-state index contributed by atoms with van der Waals surface area (Å²) in [5, 5.41) is 36.8. The molecule has 0 fully saturated rings. The number of carboxylic acid groups (broad SMARTS) is 1. The van der Waals surface area contributed by atoms with Gasteiger partial charge in [-0.05, 0) is 42.7 Å². The van der Waals surface area contributed by atoms with Gasteiger partial charge in [0.25, 0.3) is 0 Å². The maximum atomic E-state index is 11.0. The molecular weight excluding hydrogens is 382 g/mol. The molecule has 2 rings (SSSR count). The molecule has 0 saturated carbocycles. The van der Waals surface area contributed by atoms with Gasteiger partial charge in [0, 0.05) is 6.42 Å². The molecule has 0 spiro atoms. The molecule has 9 nitrogen and oxygen atoms in total. The van der Waals surface area contributed by atoms with E-state index >= 15 is 0 Å². The minimum atomic E-state index is -1.82. The molecule has 0 saturated heterocycles. The Morgan fingerprint density at radius 1 is 0.966 bits per heavy atom. The van der Waals surface area contributed by atoms with Gasteiger partial charge in [0.1, 0.15) is 18.1 Å². The summed E-state index contributed by atoms with van der Waals surface area (Å²) in [6.07, 6.45) is -0.656. The van der Waals surface area contributed by atoms with Gasteiger partial charge < -0.3 is 24.8 Å². The summed E-state index contributed by atoms with van der Waals surface area (Å²) in [5.74, 6) is -1.04. The van der Waals surface area contributed by atoms with Crippen molar-refractivity contribution >= 4 is 11.9 Å². The summed E-state index contributed by atoms with van der Waals surface area (Å²) in [5.41, 5.74) is 2.49. The van der Waals surface area contributed by atoms with Crippen LogP contribution in [0.2, 0.25) is 0 Å². The lowest BCUT2D eigenvalue weighted by Crippen LogP contribution is -2.18. The van der Waals surface area contributed by atoms with E-state index in [0.717, 1.165) is 0 Å². The van der Waals surface area contributed by atoms with Gasteiger partial charge >= 0.3 is 5.97 Å². The molecule has 2 aromatic carbocycles. The number of nitrogens with one attached hydrogen (secondary N) is 1. The second kappa shape index (κ2) is 11.0. The molecule has 0 bridgehead atoms. The summed E-state index contributed by atoms with van der Waals surface area (Å²) in [4.78, 5) is 21.9. The average Bonchev–Trinajstić information content (AvgIpc) is 2.71. The first kappa shape index (κ1) is 22.2. The highest BCUT2D eigenvalue weighted by Gasteiger charge is 2.17. The molecule has 9 heteroatoms. The first-order chi connectivity index (χ1) is 13.9. The maximum absolute atomic E-state index is 11.0. The average molecular weight is 405 g/mol. The van der Waals surface area contributed by atoms with E-state index in [1.807, 2.05) is 0 Å². The Morgan fingerprint density at radius 2 is 1.62 bits per heavy atom. The van der Waals surface area contributed by atoms with Crippen molar-refractivity contribution in [2.24, 2.45) is 0 Å². The van der Waals surface area contributed by atoms with Crippen LogP contribution in [0.4, 0.5) is 0 Å². The van der Waals surface area contributed by atoms with Gasteiger partial charge in [-0.15, -0.1) is 0 Å². The van der Waals surface area contributed by atoms with Crippen molar-refractivity contribution in [1.82, 2.24) is 5.48 Å². The smallest absolute Gasteiger partial charge is 0.335 e. The third kappa shape index (κ3) is 6.75. The van der Waals surface area contributed by atoms with Gasteiger partial charge in [-0.1, -0.05) is 18.2 Å². The standard InChI is InChI=1S/C20H23NO8/c22-17(21-27)6-1-2-11-28-15-4-3-5-16(18(15)20(25)26)29-12-13-7-9-14(10-8-13)19(23)24/h3-5,7-10,20,25-27H,1-2,6,11-12H2,(H,21,22)(H,23,24). The molecule has 0 aliphatic rings. The number of ether oxygens (including phenoxy) is 2. The van der Waals surface area contributed by atoms with Gasteiger partial charge in [-0.25, -0.2) is 10.3 Å². The number of unbranched alkanes of at least 4 members (excludes halogenated alkanes) is 1. The summed E-state index contributed by atoms with van der Waals surface area (Å²) in [6.45, 7) is 0.331. The normalized spacial score (nSPS) is 10.6. The fourth-order valence-electron chi connectivity index (χ4n) is 2.56. The fourth-order valence-corrected chi connectivity index (χ4v) is 2.56. The van der Waals surface area contributed by atoms with Gasteiger partial charge in [-0.2, -0.15) is 0 Å². The van der Waals surface area contributed by atoms with Crippen LogP contribution in [0.25, 0.3) is 0 Å². The monoisotopic (exact) mass is 405 g/mol. The van der Waals surface area contributed by atoms with Crippen LogP contribution >= 0.6 is 0 Å². The zero-order valence-electron chi connectivity index (χ0n) is 15.6. The van der Waals surface area contributed by atoms with E-state index in [2.05, 4.69) is 0 Å². The molecule has 0 unspecified atom stereocenters. The van der Waals surface area contributed by atoms with E-state index in [1.165, 1.54) is 12.1 Å². The zero-order valence-corrected chi connectivity index (χ0v) is 15.6. The number of carbonyl (C=O) groups excluding carboxylic acids is 1. The molecule has 2 aromatic rings. The second-order valence-corrected chi connectivity index (χ2v) is 6.17. The molecule has 29 heavy (non-hydrogen) atoms. The number of hydrogen-bond donors (Lipinski definition) is 5. The van der Waals surface area contributed by atoms with Crippen molar-refractivity contribution in [3.63, 3.8) is 0 Å². The van der Waals surface area contributed by atoms with Crippen LogP contribution in [0.3, 0.4) is 0 Å². The van der Waals surface area contributed by atoms with Crippen LogP contribution < -0.4 is 15.0 Å². The summed E-state index contributed by atoms with van der Waals surface area (Å²) < 4.78 is 11.3. The number of amides is 1. The largest absolute Gasteiger partial charge is 0.493 e. The van der Waals surface area contributed by atoms with Gasteiger partial charge in [0.2, 0.25) is 5.91 Å². The number of hydroxylamine groups is 1. The van der Waals surface area contributed by atoms with Crippen LogP contribution in [0.1, 0.15) is 47.0 Å². The Bertz CT molecular complexity index is 820. The highest BCUT2D eigenvalue weighted by atomic mass is 16.5. The number of hydrogen-bond acceptors (Lipinski definition) is 7. The molecule has 5 N–H and O–H groups in total. The Balaban J connectivity index is 1.99. The zero-order chi connectivity index (χ0) is 21.2. The number of aliphatic hydroxyl groups excluding tert-OH is 1. The summed E-state index contributed by atoms with van der Waals surface area (Å²) in [6, 6.07) is 10.9. The van der Waals surface area contributed by atoms with Crippen molar-refractivity contribution in [2.75, 3.05) is 6.61 Å². The van der Waals surface area contributed by atoms with Gasteiger partial charge in [0.05, 0.1) is 17.7 Å².